The topological polar surface area (TPSA) is 124 Å². The number of piperidine rings is 1. The van der Waals surface area contributed by atoms with E-state index in [2.05, 4.69) is 30.5 Å². The van der Waals surface area contributed by atoms with Gasteiger partial charge in [0.05, 0.1) is 42.0 Å². The lowest BCUT2D eigenvalue weighted by Gasteiger charge is -2.43. The molecule has 3 unspecified atom stereocenters. The zero-order valence-electron chi connectivity index (χ0n) is 21.1. The van der Waals surface area contributed by atoms with Gasteiger partial charge in [-0.1, -0.05) is 5.21 Å². The summed E-state index contributed by atoms with van der Waals surface area (Å²) in [5.41, 5.74) is 7.97. The Kier molecular flexibility index (Phi) is 6.39. The molecule has 1 saturated heterocycles. The Morgan fingerprint density at radius 1 is 1.13 bits per heavy atom. The van der Waals surface area contributed by atoms with Crippen molar-refractivity contribution >= 4 is 17.3 Å². The number of rotatable bonds is 1. The van der Waals surface area contributed by atoms with Crippen molar-refractivity contribution in [2.24, 2.45) is 11.7 Å². The second-order valence-corrected chi connectivity index (χ2v) is 9.83. The highest BCUT2D eigenvalue weighted by molar-refractivity contribution is 6.05. The summed E-state index contributed by atoms with van der Waals surface area (Å²) in [6, 6.07) is 6.58. The number of anilines is 2. The van der Waals surface area contributed by atoms with Crippen LogP contribution in [0, 0.1) is 24.5 Å². The third-order valence-corrected chi connectivity index (χ3v) is 7.20. The van der Waals surface area contributed by atoms with Crippen molar-refractivity contribution in [1.82, 2.24) is 25.0 Å². The molecule has 2 aliphatic heterocycles. The smallest absolute Gasteiger partial charge is 0.274 e. The lowest BCUT2D eigenvalue weighted by molar-refractivity contribution is 0.102. The molecule has 12 heteroatoms. The average Bonchev–Trinajstić information content (AvgIpc) is 3.43. The first-order valence-corrected chi connectivity index (χ1v) is 12.6. The first-order chi connectivity index (χ1) is 18.9. The maximum Gasteiger partial charge on any atom is 0.274 e. The highest BCUT2D eigenvalue weighted by atomic mass is 19.1. The first kappa shape index (κ1) is 24.9. The monoisotopic (exact) mass is 532 g/mol. The number of carbonyl (C=O) groups excluding carboxylic acids is 1. The number of nitrogens with two attached hydrogens (primary N) is 1. The Hall–Kier alpha value is -4.45. The van der Waals surface area contributed by atoms with Gasteiger partial charge in [-0.15, -0.1) is 5.10 Å². The number of hydrogen-bond donors (Lipinski definition) is 2. The van der Waals surface area contributed by atoms with Crippen LogP contribution in [0.4, 0.5) is 20.2 Å². The number of fused-ring (bicyclic) bond motifs is 8. The molecule has 3 atom stereocenters. The number of nitrogens with one attached hydrogen (secondary N) is 1. The van der Waals surface area contributed by atoms with Crippen LogP contribution < -0.4 is 20.7 Å². The second-order valence-electron chi connectivity index (χ2n) is 9.83. The molecule has 200 valence electrons. The Balaban J connectivity index is 1.48. The molecule has 0 radical (unpaired) electrons. The minimum atomic E-state index is -0.773. The molecular formula is C27H26F2N8O2. The summed E-state index contributed by atoms with van der Waals surface area (Å²) in [7, 11) is 0. The molecule has 4 bridgehead atoms. The van der Waals surface area contributed by atoms with E-state index in [4.69, 9.17) is 10.5 Å². The SMILES string of the molecule is Cc1cc(F)c2c(c1)OCCC1CN(CC(N)C1n1ccnn1)c1ccncc1NC(=O)c1ccc(F)c-2n1. The highest BCUT2D eigenvalue weighted by Crippen LogP contribution is 2.38. The number of benzene rings is 1. The van der Waals surface area contributed by atoms with E-state index in [-0.39, 0.29) is 47.3 Å². The van der Waals surface area contributed by atoms with E-state index in [1.54, 1.807) is 48.5 Å². The summed E-state index contributed by atoms with van der Waals surface area (Å²) in [4.78, 5) is 23.8. The molecule has 1 amide bonds. The van der Waals surface area contributed by atoms with Crippen LogP contribution in [-0.4, -0.2) is 56.6 Å². The molecule has 10 nitrogen and oxygen atoms in total. The van der Waals surface area contributed by atoms with Gasteiger partial charge in [0.2, 0.25) is 0 Å². The maximum atomic E-state index is 15.3. The van der Waals surface area contributed by atoms with Crippen molar-refractivity contribution in [3.8, 4) is 17.0 Å². The number of hydrogen-bond acceptors (Lipinski definition) is 8. The van der Waals surface area contributed by atoms with Crippen LogP contribution in [0.2, 0.25) is 0 Å². The molecule has 0 saturated carbocycles. The zero-order chi connectivity index (χ0) is 27.1. The van der Waals surface area contributed by atoms with Gasteiger partial charge in [0.1, 0.15) is 28.8 Å². The second kappa shape index (κ2) is 10.0. The lowest BCUT2D eigenvalue weighted by Crippen LogP contribution is -2.54. The molecule has 39 heavy (non-hydrogen) atoms. The molecule has 6 rings (SSSR count). The van der Waals surface area contributed by atoms with E-state index >= 15 is 8.78 Å². The summed E-state index contributed by atoms with van der Waals surface area (Å²) >= 11 is 0. The van der Waals surface area contributed by atoms with E-state index in [0.717, 1.165) is 11.8 Å². The Labute approximate surface area is 222 Å². The molecule has 0 aliphatic carbocycles. The van der Waals surface area contributed by atoms with Gasteiger partial charge in [-0.25, -0.2) is 18.4 Å². The van der Waals surface area contributed by atoms with Gasteiger partial charge in [-0.3, -0.25) is 9.78 Å². The van der Waals surface area contributed by atoms with Crippen LogP contribution >= 0.6 is 0 Å². The highest BCUT2D eigenvalue weighted by Gasteiger charge is 2.38. The molecule has 1 aromatic carbocycles. The van der Waals surface area contributed by atoms with E-state index in [9.17, 15) is 4.79 Å². The van der Waals surface area contributed by atoms with E-state index < -0.39 is 17.5 Å². The summed E-state index contributed by atoms with van der Waals surface area (Å²) in [6.07, 6.45) is 7.11. The number of nitrogens with zero attached hydrogens (tertiary/aromatic N) is 6. The van der Waals surface area contributed by atoms with Crippen LogP contribution in [0.5, 0.6) is 5.75 Å². The van der Waals surface area contributed by atoms with Crippen molar-refractivity contribution in [3.63, 3.8) is 0 Å². The van der Waals surface area contributed by atoms with Crippen LogP contribution in [-0.2, 0) is 0 Å². The van der Waals surface area contributed by atoms with Crippen molar-refractivity contribution in [3.05, 3.63) is 78.0 Å². The number of aryl methyl sites for hydroxylation is 1. The quantitative estimate of drug-likeness (QED) is 0.383. The maximum absolute atomic E-state index is 15.3. The number of ether oxygens (including phenoxy) is 1. The number of amides is 1. The number of carbonyl (C=O) groups is 1. The zero-order valence-corrected chi connectivity index (χ0v) is 21.1. The third kappa shape index (κ3) is 4.67. The molecule has 3 N–H and O–H groups in total. The molecule has 1 fully saturated rings. The number of pyridine rings is 2. The number of halogens is 2. The predicted octanol–water partition coefficient (Wildman–Crippen LogP) is 3.36. The van der Waals surface area contributed by atoms with Crippen molar-refractivity contribution in [1.29, 1.82) is 0 Å². The average molecular weight is 533 g/mol. The summed E-state index contributed by atoms with van der Waals surface area (Å²) in [6.45, 7) is 2.99. The molecular weight excluding hydrogens is 506 g/mol. The van der Waals surface area contributed by atoms with Gasteiger partial charge >= 0.3 is 0 Å². The van der Waals surface area contributed by atoms with Crippen molar-refractivity contribution in [2.45, 2.75) is 25.4 Å². The first-order valence-electron chi connectivity index (χ1n) is 12.6. The Morgan fingerprint density at radius 2 is 2.00 bits per heavy atom. The Morgan fingerprint density at radius 3 is 2.82 bits per heavy atom. The predicted molar refractivity (Wildman–Crippen MR) is 139 cm³/mol. The summed E-state index contributed by atoms with van der Waals surface area (Å²) < 4.78 is 38.2. The van der Waals surface area contributed by atoms with Crippen LogP contribution in [0.15, 0.2) is 55.1 Å². The fraction of sp³-hybridized carbons (Fsp3) is 0.296. The van der Waals surface area contributed by atoms with E-state index in [1.807, 2.05) is 0 Å². The molecule has 2 aliphatic rings. The largest absolute Gasteiger partial charge is 0.493 e. The summed E-state index contributed by atoms with van der Waals surface area (Å²) in [5, 5.41) is 11.0. The van der Waals surface area contributed by atoms with Gasteiger partial charge in [-0.2, -0.15) is 0 Å². The molecule has 0 spiro atoms. The van der Waals surface area contributed by atoms with Gasteiger partial charge in [0.25, 0.3) is 5.91 Å². The van der Waals surface area contributed by atoms with Gasteiger partial charge in [0.15, 0.2) is 0 Å². The lowest BCUT2D eigenvalue weighted by atomic mass is 9.86. The van der Waals surface area contributed by atoms with Gasteiger partial charge in [0, 0.05) is 37.4 Å². The van der Waals surface area contributed by atoms with Crippen LogP contribution in [0.25, 0.3) is 11.3 Å². The van der Waals surface area contributed by atoms with Gasteiger partial charge in [-0.05, 0) is 49.2 Å². The minimum Gasteiger partial charge on any atom is -0.493 e. The van der Waals surface area contributed by atoms with Gasteiger partial charge < -0.3 is 20.7 Å². The van der Waals surface area contributed by atoms with Crippen molar-refractivity contribution < 1.29 is 18.3 Å². The fourth-order valence-corrected chi connectivity index (χ4v) is 5.49. The summed E-state index contributed by atoms with van der Waals surface area (Å²) in [5.74, 6) is -1.96. The van der Waals surface area contributed by atoms with Crippen LogP contribution in [0.1, 0.15) is 28.5 Å². The normalized spacial score (nSPS) is 21.1. The van der Waals surface area contributed by atoms with E-state index in [0.29, 0.717) is 30.8 Å². The minimum absolute atomic E-state index is 0.0497. The Bertz CT molecular complexity index is 1530. The number of aromatic nitrogens is 5. The van der Waals surface area contributed by atoms with Crippen LogP contribution in [0.3, 0.4) is 0 Å². The third-order valence-electron chi connectivity index (χ3n) is 7.20. The fourth-order valence-electron chi connectivity index (χ4n) is 5.49. The molecule has 4 aromatic rings. The van der Waals surface area contributed by atoms with E-state index in [1.165, 1.54) is 12.1 Å². The standard InChI is InChI=1S/C27H26F2N8O2/c1-15-10-18(29)24-23(11-15)39-9-5-16-13-36(14-19(30)26(16)37-8-7-32-35-37)22-4-6-31-12-21(22)34-27(38)20-3-2-17(28)25(24)33-20/h2-4,6-8,10-12,16,19,26H,5,9,13-14,30H2,1H3,(H,34,38). The molecule has 3 aromatic heterocycles. The molecule has 5 heterocycles. The van der Waals surface area contributed by atoms with Crippen molar-refractivity contribution in [2.75, 3.05) is 29.9 Å².